The van der Waals surface area contributed by atoms with Crippen LogP contribution in [-0.2, 0) is 16.0 Å². The van der Waals surface area contributed by atoms with Gasteiger partial charge in [0.05, 0.1) is 12.2 Å². The molecule has 0 saturated carbocycles. The Bertz CT molecular complexity index is 723. The van der Waals surface area contributed by atoms with Gasteiger partial charge in [0.1, 0.15) is 5.82 Å². The molecular weight excluding hydrogens is 350 g/mol. The number of nitrogens with zero attached hydrogens (tertiary/aromatic N) is 3. The first-order valence-electron chi connectivity index (χ1n) is 8.85. The molecular formula is C19H23N3O3S. The molecule has 0 atom stereocenters. The van der Waals surface area contributed by atoms with E-state index >= 15 is 0 Å². The van der Waals surface area contributed by atoms with Gasteiger partial charge in [-0.1, -0.05) is 6.07 Å². The minimum absolute atomic E-state index is 0.212. The van der Waals surface area contributed by atoms with E-state index in [0.29, 0.717) is 31.7 Å². The summed E-state index contributed by atoms with van der Waals surface area (Å²) in [5.74, 6) is 0.681. The molecule has 3 heterocycles. The smallest absolute Gasteiger partial charge is 0.339 e. The third-order valence-corrected chi connectivity index (χ3v) is 5.32. The topological polar surface area (TPSA) is 62.7 Å². The van der Waals surface area contributed by atoms with Crippen LogP contribution < -0.4 is 4.90 Å². The molecule has 0 radical (unpaired) electrons. The molecule has 2 aromatic heterocycles. The number of rotatable bonds is 6. The van der Waals surface area contributed by atoms with Crippen molar-refractivity contribution in [3.63, 3.8) is 0 Å². The molecule has 1 amide bonds. The van der Waals surface area contributed by atoms with Gasteiger partial charge in [0.2, 0.25) is 5.91 Å². The van der Waals surface area contributed by atoms with Crippen LogP contribution in [0.5, 0.6) is 0 Å². The quantitative estimate of drug-likeness (QED) is 0.729. The summed E-state index contributed by atoms with van der Waals surface area (Å²) >= 11 is 1.70. The number of hydrogen-bond donors (Lipinski definition) is 0. The lowest BCUT2D eigenvalue weighted by atomic mass is 10.2. The van der Waals surface area contributed by atoms with Crippen molar-refractivity contribution in [3.05, 3.63) is 46.3 Å². The van der Waals surface area contributed by atoms with Crippen LogP contribution in [0, 0.1) is 0 Å². The molecule has 1 aliphatic heterocycles. The van der Waals surface area contributed by atoms with Gasteiger partial charge >= 0.3 is 5.97 Å². The van der Waals surface area contributed by atoms with Crippen molar-refractivity contribution in [2.24, 2.45) is 0 Å². The van der Waals surface area contributed by atoms with Gasteiger partial charge in [-0.25, -0.2) is 9.78 Å². The van der Waals surface area contributed by atoms with E-state index in [1.807, 2.05) is 22.4 Å². The molecule has 0 bridgehead atoms. The monoisotopic (exact) mass is 373 g/mol. The van der Waals surface area contributed by atoms with Gasteiger partial charge in [0.25, 0.3) is 0 Å². The lowest BCUT2D eigenvalue weighted by Gasteiger charge is -2.35. The molecule has 0 aliphatic carbocycles. The highest BCUT2D eigenvalue weighted by molar-refractivity contribution is 7.09. The fraction of sp³-hybridized carbons (Fsp3) is 0.421. The van der Waals surface area contributed by atoms with Crippen LogP contribution in [0.1, 0.15) is 28.6 Å². The maximum Gasteiger partial charge on any atom is 0.339 e. The number of amides is 1. The number of thiophene rings is 1. The zero-order valence-corrected chi connectivity index (χ0v) is 15.7. The van der Waals surface area contributed by atoms with Crippen LogP contribution in [0.25, 0.3) is 0 Å². The number of hydrogen-bond acceptors (Lipinski definition) is 6. The molecule has 1 saturated heterocycles. The number of piperazine rings is 1. The molecule has 2 aromatic rings. The molecule has 3 rings (SSSR count). The van der Waals surface area contributed by atoms with Gasteiger partial charge in [0.15, 0.2) is 0 Å². The highest BCUT2D eigenvalue weighted by Gasteiger charge is 2.22. The molecule has 138 valence electrons. The summed E-state index contributed by atoms with van der Waals surface area (Å²) in [6.07, 6.45) is 2.92. The second-order valence-electron chi connectivity index (χ2n) is 6.07. The number of esters is 1. The van der Waals surface area contributed by atoms with Crippen molar-refractivity contribution in [3.8, 4) is 0 Å². The predicted molar refractivity (Wildman–Crippen MR) is 102 cm³/mol. The Balaban J connectivity index is 1.48. The summed E-state index contributed by atoms with van der Waals surface area (Å²) in [5.41, 5.74) is 0.456. The van der Waals surface area contributed by atoms with Gasteiger partial charge in [-0.15, -0.1) is 11.3 Å². The van der Waals surface area contributed by atoms with Crippen molar-refractivity contribution >= 4 is 29.0 Å². The first kappa shape index (κ1) is 18.4. The molecule has 6 nitrogen and oxygen atoms in total. The first-order chi connectivity index (χ1) is 12.7. The number of carbonyl (C=O) groups excluding carboxylic acids is 2. The number of aromatic nitrogens is 1. The SMILES string of the molecule is CCOC(=O)c1ccc(N2CCN(C(=O)CCc3cccs3)CC2)nc1. The minimum Gasteiger partial charge on any atom is -0.462 e. The number of carbonyl (C=O) groups is 2. The standard InChI is InChI=1S/C19H23N3O3S/c1-2-25-19(24)15-5-7-17(20-14-15)21-9-11-22(12-10-21)18(23)8-6-16-4-3-13-26-16/h3-5,7,13-14H,2,6,8-12H2,1H3. The van der Waals surface area contributed by atoms with Crippen molar-refractivity contribution in [1.82, 2.24) is 9.88 Å². The van der Waals surface area contributed by atoms with E-state index in [4.69, 9.17) is 4.74 Å². The fourth-order valence-corrected chi connectivity index (χ4v) is 3.65. The van der Waals surface area contributed by atoms with Crippen LogP contribution in [0.2, 0.25) is 0 Å². The van der Waals surface area contributed by atoms with Crippen LogP contribution >= 0.6 is 11.3 Å². The van der Waals surface area contributed by atoms with E-state index in [1.54, 1.807) is 30.5 Å². The highest BCUT2D eigenvalue weighted by atomic mass is 32.1. The largest absolute Gasteiger partial charge is 0.462 e. The third kappa shape index (κ3) is 4.60. The molecule has 1 fully saturated rings. The second kappa shape index (κ2) is 8.80. The lowest BCUT2D eigenvalue weighted by molar-refractivity contribution is -0.131. The van der Waals surface area contributed by atoms with E-state index < -0.39 is 0 Å². The van der Waals surface area contributed by atoms with Crippen LogP contribution in [0.15, 0.2) is 35.8 Å². The van der Waals surface area contributed by atoms with Crippen molar-refractivity contribution in [1.29, 1.82) is 0 Å². The van der Waals surface area contributed by atoms with Crippen molar-refractivity contribution < 1.29 is 14.3 Å². The average Bonchev–Trinajstić information content (AvgIpc) is 3.20. The zero-order chi connectivity index (χ0) is 18.4. The van der Waals surface area contributed by atoms with Gasteiger partial charge in [-0.3, -0.25) is 4.79 Å². The van der Waals surface area contributed by atoms with Gasteiger partial charge in [-0.2, -0.15) is 0 Å². The molecule has 0 aromatic carbocycles. The predicted octanol–water partition coefficient (Wildman–Crippen LogP) is 2.60. The second-order valence-corrected chi connectivity index (χ2v) is 7.10. The van der Waals surface area contributed by atoms with Crippen molar-refractivity contribution in [2.45, 2.75) is 19.8 Å². The first-order valence-corrected chi connectivity index (χ1v) is 9.73. The van der Waals surface area contributed by atoms with Gasteiger partial charge < -0.3 is 14.5 Å². The summed E-state index contributed by atoms with van der Waals surface area (Å²) in [4.78, 5) is 33.7. The Kier molecular flexibility index (Phi) is 6.22. The Labute approximate surface area is 157 Å². The number of anilines is 1. The number of aryl methyl sites for hydroxylation is 1. The number of pyridine rings is 1. The molecule has 0 spiro atoms. The molecule has 0 unspecified atom stereocenters. The molecule has 1 aliphatic rings. The summed E-state index contributed by atoms with van der Waals surface area (Å²) in [5, 5.41) is 2.04. The molecule has 7 heteroatoms. The average molecular weight is 373 g/mol. The Morgan fingerprint density at radius 1 is 1.19 bits per heavy atom. The van der Waals surface area contributed by atoms with E-state index in [1.165, 1.54) is 4.88 Å². The van der Waals surface area contributed by atoms with Crippen molar-refractivity contribution in [2.75, 3.05) is 37.7 Å². The summed E-state index contributed by atoms with van der Waals surface area (Å²) in [6, 6.07) is 7.66. The van der Waals surface area contributed by atoms with Gasteiger partial charge in [0, 0.05) is 43.7 Å². The Hall–Kier alpha value is -2.41. The summed E-state index contributed by atoms with van der Waals surface area (Å²) in [7, 11) is 0. The maximum atomic E-state index is 12.4. The normalized spacial score (nSPS) is 14.3. The van der Waals surface area contributed by atoms with Crippen LogP contribution in [0.4, 0.5) is 5.82 Å². The maximum absolute atomic E-state index is 12.4. The molecule has 0 N–H and O–H groups in total. The van der Waals surface area contributed by atoms with Gasteiger partial charge in [-0.05, 0) is 36.9 Å². The zero-order valence-electron chi connectivity index (χ0n) is 14.9. The highest BCUT2D eigenvalue weighted by Crippen LogP contribution is 2.16. The van der Waals surface area contributed by atoms with E-state index in [2.05, 4.69) is 16.0 Å². The summed E-state index contributed by atoms with van der Waals surface area (Å²) in [6.45, 7) is 5.02. The lowest BCUT2D eigenvalue weighted by Crippen LogP contribution is -2.49. The van der Waals surface area contributed by atoms with E-state index in [9.17, 15) is 9.59 Å². The van der Waals surface area contributed by atoms with E-state index in [0.717, 1.165) is 25.3 Å². The van der Waals surface area contributed by atoms with Crippen LogP contribution in [-0.4, -0.2) is 54.5 Å². The number of ether oxygens (including phenoxy) is 1. The summed E-state index contributed by atoms with van der Waals surface area (Å²) < 4.78 is 4.97. The van der Waals surface area contributed by atoms with Crippen LogP contribution in [0.3, 0.4) is 0 Å². The minimum atomic E-state index is -0.354. The Morgan fingerprint density at radius 2 is 2.00 bits per heavy atom. The fourth-order valence-electron chi connectivity index (χ4n) is 2.94. The third-order valence-electron chi connectivity index (χ3n) is 4.38. The van der Waals surface area contributed by atoms with E-state index in [-0.39, 0.29) is 11.9 Å². The Morgan fingerprint density at radius 3 is 2.62 bits per heavy atom. The molecule has 26 heavy (non-hydrogen) atoms.